The van der Waals surface area contributed by atoms with Gasteiger partial charge in [0.15, 0.2) is 0 Å². The van der Waals surface area contributed by atoms with E-state index < -0.39 is 12.0 Å². The van der Waals surface area contributed by atoms with Crippen LogP contribution in [0.4, 0.5) is 0 Å². The number of carboxylic acid groups (broad SMARTS) is 1. The Labute approximate surface area is 106 Å². The van der Waals surface area contributed by atoms with Crippen molar-refractivity contribution < 1.29 is 19.4 Å². The summed E-state index contributed by atoms with van der Waals surface area (Å²) in [6.45, 7) is 1.77. The third-order valence-corrected chi connectivity index (χ3v) is 2.60. The maximum absolute atomic E-state index is 11.3. The molecule has 0 saturated carbocycles. The monoisotopic (exact) mass is 251 g/mol. The number of ether oxygens (including phenoxy) is 1. The SMILES string of the molecule is COc1ccccc1CNC(CC(=O)O)C(C)=O. The third-order valence-electron chi connectivity index (χ3n) is 2.60. The molecule has 0 aliphatic carbocycles. The van der Waals surface area contributed by atoms with Crippen LogP contribution in [-0.4, -0.2) is 30.0 Å². The van der Waals surface area contributed by atoms with Gasteiger partial charge in [0.2, 0.25) is 0 Å². The van der Waals surface area contributed by atoms with Crippen LogP contribution in [-0.2, 0) is 16.1 Å². The number of methoxy groups -OCH3 is 1. The number of hydrogen-bond donors (Lipinski definition) is 2. The highest BCUT2D eigenvalue weighted by molar-refractivity contribution is 5.85. The molecule has 1 aromatic carbocycles. The first-order chi connectivity index (χ1) is 8.54. The van der Waals surface area contributed by atoms with Crippen molar-refractivity contribution in [1.82, 2.24) is 5.32 Å². The van der Waals surface area contributed by atoms with Crippen LogP contribution in [0.25, 0.3) is 0 Å². The molecule has 1 rings (SSSR count). The number of ketones is 1. The lowest BCUT2D eigenvalue weighted by molar-refractivity contribution is -0.139. The second kappa shape index (κ2) is 6.76. The molecule has 2 N–H and O–H groups in total. The number of carbonyl (C=O) groups excluding carboxylic acids is 1. The van der Waals surface area contributed by atoms with E-state index in [9.17, 15) is 9.59 Å². The smallest absolute Gasteiger partial charge is 0.305 e. The molecule has 18 heavy (non-hydrogen) atoms. The second-order valence-electron chi connectivity index (χ2n) is 3.95. The van der Waals surface area contributed by atoms with Crippen LogP contribution in [0.3, 0.4) is 0 Å². The van der Waals surface area contributed by atoms with Crippen molar-refractivity contribution in [2.24, 2.45) is 0 Å². The number of carbonyl (C=O) groups is 2. The normalized spacial score (nSPS) is 11.9. The topological polar surface area (TPSA) is 75.6 Å². The van der Waals surface area contributed by atoms with E-state index in [0.29, 0.717) is 12.3 Å². The summed E-state index contributed by atoms with van der Waals surface area (Å²) in [4.78, 5) is 21.9. The molecule has 0 amide bonds. The molecule has 0 bridgehead atoms. The summed E-state index contributed by atoms with van der Waals surface area (Å²) in [5, 5.41) is 11.6. The van der Waals surface area contributed by atoms with Gasteiger partial charge in [-0.05, 0) is 13.0 Å². The summed E-state index contributed by atoms with van der Waals surface area (Å²) < 4.78 is 5.18. The number of Topliss-reactive ketones (excluding diaryl/α,β-unsaturated/α-hetero) is 1. The first-order valence-corrected chi connectivity index (χ1v) is 5.62. The van der Waals surface area contributed by atoms with E-state index in [1.165, 1.54) is 6.92 Å². The summed E-state index contributed by atoms with van der Waals surface area (Å²) in [5.74, 6) is -0.474. The lowest BCUT2D eigenvalue weighted by Crippen LogP contribution is -2.36. The summed E-state index contributed by atoms with van der Waals surface area (Å²) in [6, 6.07) is 6.72. The zero-order valence-corrected chi connectivity index (χ0v) is 10.5. The van der Waals surface area contributed by atoms with Crippen molar-refractivity contribution in [3.8, 4) is 5.75 Å². The quantitative estimate of drug-likeness (QED) is 0.762. The molecule has 0 saturated heterocycles. The standard InChI is InChI=1S/C13H17NO4/c1-9(15)11(7-13(16)17)14-8-10-5-3-4-6-12(10)18-2/h3-6,11,14H,7-8H2,1-2H3,(H,16,17). The van der Waals surface area contributed by atoms with Crippen LogP contribution in [0.1, 0.15) is 18.9 Å². The number of benzene rings is 1. The number of para-hydroxylation sites is 1. The molecule has 0 spiro atoms. The van der Waals surface area contributed by atoms with E-state index in [1.54, 1.807) is 7.11 Å². The Balaban J connectivity index is 2.66. The fourth-order valence-corrected chi connectivity index (χ4v) is 1.62. The fraction of sp³-hybridized carbons (Fsp3) is 0.385. The van der Waals surface area contributed by atoms with Crippen LogP contribution in [0.15, 0.2) is 24.3 Å². The van der Waals surface area contributed by atoms with Crippen molar-refractivity contribution in [3.63, 3.8) is 0 Å². The Morgan fingerprint density at radius 1 is 1.39 bits per heavy atom. The van der Waals surface area contributed by atoms with E-state index in [1.807, 2.05) is 24.3 Å². The van der Waals surface area contributed by atoms with Crippen molar-refractivity contribution in [2.45, 2.75) is 25.9 Å². The first-order valence-electron chi connectivity index (χ1n) is 5.62. The molecule has 1 atom stereocenters. The van der Waals surface area contributed by atoms with Crippen LogP contribution in [0.2, 0.25) is 0 Å². The maximum Gasteiger partial charge on any atom is 0.305 e. The predicted molar refractivity (Wildman–Crippen MR) is 66.6 cm³/mol. The highest BCUT2D eigenvalue weighted by Gasteiger charge is 2.17. The van der Waals surface area contributed by atoms with Crippen LogP contribution in [0.5, 0.6) is 5.75 Å². The second-order valence-corrected chi connectivity index (χ2v) is 3.95. The van der Waals surface area contributed by atoms with Crippen molar-refractivity contribution in [3.05, 3.63) is 29.8 Å². The molecule has 0 radical (unpaired) electrons. The minimum Gasteiger partial charge on any atom is -0.496 e. The summed E-state index contributed by atoms with van der Waals surface area (Å²) in [6.07, 6.45) is -0.218. The van der Waals surface area contributed by atoms with Crippen molar-refractivity contribution in [1.29, 1.82) is 0 Å². The number of aliphatic carboxylic acids is 1. The van der Waals surface area contributed by atoms with E-state index in [-0.39, 0.29) is 12.2 Å². The molecular formula is C13H17NO4. The number of hydrogen-bond acceptors (Lipinski definition) is 4. The van der Waals surface area contributed by atoms with E-state index in [0.717, 1.165) is 5.56 Å². The minimum atomic E-state index is -0.997. The van der Waals surface area contributed by atoms with Crippen molar-refractivity contribution in [2.75, 3.05) is 7.11 Å². The van der Waals surface area contributed by atoms with Crippen LogP contribution >= 0.6 is 0 Å². The molecule has 98 valence electrons. The van der Waals surface area contributed by atoms with Gasteiger partial charge < -0.3 is 15.2 Å². The largest absolute Gasteiger partial charge is 0.496 e. The Morgan fingerprint density at radius 3 is 2.61 bits per heavy atom. The predicted octanol–water partition coefficient (Wildman–Crippen LogP) is 1.22. The Morgan fingerprint density at radius 2 is 2.06 bits per heavy atom. The molecule has 0 aliphatic rings. The Bertz CT molecular complexity index is 431. The highest BCUT2D eigenvalue weighted by atomic mass is 16.5. The number of rotatable bonds is 7. The van der Waals surface area contributed by atoms with Crippen LogP contribution in [0, 0.1) is 0 Å². The van der Waals surface area contributed by atoms with Gasteiger partial charge in [0.1, 0.15) is 11.5 Å². The molecule has 0 heterocycles. The van der Waals surface area contributed by atoms with Gasteiger partial charge in [-0.1, -0.05) is 18.2 Å². The Kier molecular flexibility index (Phi) is 5.32. The molecule has 1 unspecified atom stereocenters. The molecular weight excluding hydrogens is 234 g/mol. The molecule has 5 nitrogen and oxygen atoms in total. The first kappa shape index (κ1) is 14.2. The minimum absolute atomic E-state index is 0.188. The lowest BCUT2D eigenvalue weighted by Gasteiger charge is -2.15. The number of nitrogens with one attached hydrogen (secondary N) is 1. The van der Waals surface area contributed by atoms with Crippen molar-refractivity contribution >= 4 is 11.8 Å². The van der Waals surface area contributed by atoms with Gasteiger partial charge in [0, 0.05) is 12.1 Å². The van der Waals surface area contributed by atoms with Gasteiger partial charge in [0.05, 0.1) is 19.6 Å². The number of carboxylic acids is 1. The molecule has 5 heteroatoms. The molecule has 1 aromatic rings. The molecule has 0 aromatic heterocycles. The van der Waals surface area contributed by atoms with E-state index in [2.05, 4.69) is 5.32 Å². The zero-order chi connectivity index (χ0) is 13.5. The average Bonchev–Trinajstić information content (AvgIpc) is 2.34. The molecule has 0 aliphatic heterocycles. The molecule has 0 fully saturated rings. The summed E-state index contributed by atoms with van der Waals surface area (Å²) in [5.41, 5.74) is 0.886. The Hall–Kier alpha value is -1.88. The van der Waals surface area contributed by atoms with Crippen LogP contribution < -0.4 is 10.1 Å². The highest BCUT2D eigenvalue weighted by Crippen LogP contribution is 2.17. The van der Waals surface area contributed by atoms with Gasteiger partial charge in [-0.2, -0.15) is 0 Å². The van der Waals surface area contributed by atoms with Gasteiger partial charge in [-0.25, -0.2) is 0 Å². The van der Waals surface area contributed by atoms with Gasteiger partial charge in [0.25, 0.3) is 0 Å². The van der Waals surface area contributed by atoms with E-state index >= 15 is 0 Å². The van der Waals surface area contributed by atoms with Gasteiger partial charge in [-0.3, -0.25) is 9.59 Å². The van der Waals surface area contributed by atoms with Gasteiger partial charge >= 0.3 is 5.97 Å². The fourth-order valence-electron chi connectivity index (χ4n) is 1.62. The lowest BCUT2D eigenvalue weighted by atomic mass is 10.1. The van der Waals surface area contributed by atoms with E-state index in [4.69, 9.17) is 9.84 Å². The third kappa shape index (κ3) is 4.18. The summed E-state index contributed by atoms with van der Waals surface area (Å²) in [7, 11) is 1.57. The zero-order valence-electron chi connectivity index (χ0n) is 10.5. The average molecular weight is 251 g/mol. The maximum atomic E-state index is 11.3. The summed E-state index contributed by atoms with van der Waals surface area (Å²) >= 11 is 0. The van der Waals surface area contributed by atoms with Gasteiger partial charge in [-0.15, -0.1) is 0 Å².